The van der Waals surface area contributed by atoms with E-state index in [2.05, 4.69) is 10.6 Å². The fourth-order valence-corrected chi connectivity index (χ4v) is 3.42. The molecule has 190 valence electrons. The van der Waals surface area contributed by atoms with E-state index in [1.807, 2.05) is 0 Å². The number of hydrogen-bond donors (Lipinski definition) is 5. The van der Waals surface area contributed by atoms with Crippen LogP contribution in [0.1, 0.15) is 20.7 Å². The van der Waals surface area contributed by atoms with Crippen LogP contribution < -0.4 is 26.8 Å². The molecular formula is C26H25N5O6. The van der Waals surface area contributed by atoms with Gasteiger partial charge in [0.2, 0.25) is 0 Å². The Morgan fingerprint density at radius 1 is 0.973 bits per heavy atom. The minimum Gasteiger partial charge on any atom is -0.505 e. The van der Waals surface area contributed by atoms with Gasteiger partial charge in [0.05, 0.1) is 29.0 Å². The average molecular weight is 504 g/mol. The number of non-ortho nitro benzene ring substituents is 1. The number of carbonyl (C=O) groups is 2. The van der Waals surface area contributed by atoms with Crippen molar-refractivity contribution in [1.82, 2.24) is 5.32 Å². The third kappa shape index (κ3) is 6.03. The van der Waals surface area contributed by atoms with Crippen molar-refractivity contribution in [2.75, 3.05) is 30.9 Å². The largest absolute Gasteiger partial charge is 0.505 e. The Hall–Kier alpha value is -5.32. The van der Waals surface area contributed by atoms with E-state index in [9.17, 15) is 24.8 Å². The number of nitrogens with two attached hydrogens (primary N) is 2. The molecular weight excluding hydrogens is 478 g/mol. The summed E-state index contributed by atoms with van der Waals surface area (Å²) in [6, 6.07) is 19.0. The normalized spacial score (nSPS) is 10.1. The Bertz CT molecular complexity index is 1470. The summed E-state index contributed by atoms with van der Waals surface area (Å²) in [5.41, 5.74) is 13.0. The minimum absolute atomic E-state index is 0.0320. The van der Waals surface area contributed by atoms with Crippen LogP contribution in [0.2, 0.25) is 0 Å². The molecule has 0 saturated heterocycles. The molecule has 4 aromatic rings. The zero-order chi connectivity index (χ0) is 27.1. The van der Waals surface area contributed by atoms with E-state index in [-0.39, 0.29) is 28.6 Å². The maximum Gasteiger partial charge on any atom is 0.269 e. The van der Waals surface area contributed by atoms with Crippen LogP contribution in [0, 0.1) is 10.1 Å². The summed E-state index contributed by atoms with van der Waals surface area (Å²) in [6.45, 7) is 0. The standard InChI is InChI=1S/C17H13N3O4.C9H12N2O2/c18-15-13-4-2-1-3-10(13)9-14(16(15)21)17(22)19-11-5-7-12(8-6-11)20(23)24;1-11-9(12)6-3-4-8(13-2)7(10)5-6/h1-9,21H,18H2,(H,19,22);3-5H,10H2,1-2H3,(H,11,12). The second-order valence-corrected chi connectivity index (χ2v) is 7.70. The van der Waals surface area contributed by atoms with Crippen molar-refractivity contribution in [1.29, 1.82) is 0 Å². The van der Waals surface area contributed by atoms with Crippen LogP contribution >= 0.6 is 0 Å². The number of phenolic OH excluding ortho intramolecular Hbond substituents is 1. The number of anilines is 3. The van der Waals surface area contributed by atoms with Gasteiger partial charge in [-0.3, -0.25) is 19.7 Å². The van der Waals surface area contributed by atoms with Crippen molar-refractivity contribution >= 4 is 45.3 Å². The van der Waals surface area contributed by atoms with Crippen molar-refractivity contribution in [3.05, 3.63) is 94.0 Å². The second kappa shape index (κ2) is 11.4. The molecule has 0 bridgehead atoms. The molecule has 0 spiro atoms. The Kier molecular flexibility index (Phi) is 8.10. The van der Waals surface area contributed by atoms with E-state index in [0.29, 0.717) is 28.1 Å². The van der Waals surface area contributed by atoms with Gasteiger partial charge in [-0.25, -0.2) is 0 Å². The van der Waals surface area contributed by atoms with Gasteiger partial charge in [-0.2, -0.15) is 0 Å². The number of carbonyl (C=O) groups excluding carboxylic acids is 2. The third-order valence-electron chi connectivity index (χ3n) is 5.36. The quantitative estimate of drug-likeness (QED) is 0.117. The summed E-state index contributed by atoms with van der Waals surface area (Å²) in [6.07, 6.45) is 0. The molecule has 4 aromatic carbocycles. The number of rotatable bonds is 5. The van der Waals surface area contributed by atoms with Crippen LogP contribution in [0.15, 0.2) is 72.8 Å². The molecule has 0 heterocycles. The summed E-state index contributed by atoms with van der Waals surface area (Å²) in [4.78, 5) is 33.7. The van der Waals surface area contributed by atoms with Crippen LogP contribution in [0.4, 0.5) is 22.7 Å². The van der Waals surface area contributed by atoms with Gasteiger partial charge in [0.1, 0.15) is 5.75 Å². The van der Waals surface area contributed by atoms with Crippen molar-refractivity contribution in [2.45, 2.75) is 0 Å². The first-order valence-electron chi connectivity index (χ1n) is 10.9. The number of nitro groups is 1. The highest BCUT2D eigenvalue weighted by Gasteiger charge is 2.17. The van der Waals surface area contributed by atoms with Crippen LogP contribution in [0.25, 0.3) is 10.8 Å². The van der Waals surface area contributed by atoms with Crippen molar-refractivity contribution < 1.29 is 24.4 Å². The number of aromatic hydroxyl groups is 1. The summed E-state index contributed by atoms with van der Waals surface area (Å²) >= 11 is 0. The third-order valence-corrected chi connectivity index (χ3v) is 5.36. The number of methoxy groups -OCH3 is 1. The monoisotopic (exact) mass is 503 g/mol. The maximum atomic E-state index is 12.4. The van der Waals surface area contributed by atoms with Gasteiger partial charge in [0.15, 0.2) is 5.75 Å². The van der Waals surface area contributed by atoms with Crippen LogP contribution in [-0.2, 0) is 0 Å². The van der Waals surface area contributed by atoms with Crippen molar-refractivity contribution in [3.63, 3.8) is 0 Å². The molecule has 0 fully saturated rings. The predicted octanol–water partition coefficient (Wildman–Crippen LogP) is 3.93. The Morgan fingerprint density at radius 3 is 2.24 bits per heavy atom. The zero-order valence-electron chi connectivity index (χ0n) is 20.0. The van der Waals surface area contributed by atoms with Gasteiger partial charge in [-0.05, 0) is 41.8 Å². The molecule has 0 atom stereocenters. The molecule has 37 heavy (non-hydrogen) atoms. The number of fused-ring (bicyclic) bond motifs is 1. The number of ether oxygens (including phenoxy) is 1. The first-order chi connectivity index (χ1) is 17.7. The summed E-state index contributed by atoms with van der Waals surface area (Å²) in [5.74, 6) is -0.436. The molecule has 7 N–H and O–H groups in total. The van der Waals surface area contributed by atoms with Gasteiger partial charge in [-0.15, -0.1) is 0 Å². The fourth-order valence-electron chi connectivity index (χ4n) is 3.42. The molecule has 0 saturated carbocycles. The highest BCUT2D eigenvalue weighted by molar-refractivity contribution is 6.11. The lowest BCUT2D eigenvalue weighted by Crippen LogP contribution is -2.17. The van der Waals surface area contributed by atoms with E-state index in [0.717, 1.165) is 5.39 Å². The highest BCUT2D eigenvalue weighted by atomic mass is 16.6. The summed E-state index contributed by atoms with van der Waals surface area (Å²) in [5, 5.41) is 27.3. The van der Waals surface area contributed by atoms with Gasteiger partial charge in [0, 0.05) is 35.8 Å². The van der Waals surface area contributed by atoms with Crippen LogP contribution in [-0.4, -0.2) is 36.0 Å². The van der Waals surface area contributed by atoms with E-state index in [4.69, 9.17) is 16.2 Å². The SMILES string of the molecule is CNC(=O)c1ccc(OC)c(N)c1.Nc1c(O)c(C(=O)Nc2ccc([N+](=O)[O-])cc2)cc2ccccc12. The fraction of sp³-hybridized carbons (Fsp3) is 0.0769. The Morgan fingerprint density at radius 2 is 1.65 bits per heavy atom. The highest BCUT2D eigenvalue weighted by Crippen LogP contribution is 2.34. The number of benzene rings is 4. The van der Waals surface area contributed by atoms with Crippen LogP contribution in [0.5, 0.6) is 11.5 Å². The minimum atomic E-state index is -0.557. The lowest BCUT2D eigenvalue weighted by atomic mass is 10.0. The molecule has 0 aliphatic carbocycles. The van der Waals surface area contributed by atoms with Crippen molar-refractivity contribution in [2.24, 2.45) is 0 Å². The van der Waals surface area contributed by atoms with Gasteiger partial charge in [-0.1, -0.05) is 24.3 Å². The molecule has 2 amide bonds. The zero-order valence-corrected chi connectivity index (χ0v) is 20.0. The maximum absolute atomic E-state index is 12.4. The number of phenols is 1. The molecule has 4 rings (SSSR count). The van der Waals surface area contributed by atoms with E-state index in [1.54, 1.807) is 55.6 Å². The first-order valence-corrected chi connectivity index (χ1v) is 10.9. The average Bonchev–Trinajstić information content (AvgIpc) is 2.90. The number of hydrogen-bond acceptors (Lipinski definition) is 8. The summed E-state index contributed by atoms with van der Waals surface area (Å²) < 4.78 is 4.96. The molecule has 0 aliphatic rings. The lowest BCUT2D eigenvalue weighted by Gasteiger charge is -2.11. The van der Waals surface area contributed by atoms with E-state index < -0.39 is 10.8 Å². The van der Waals surface area contributed by atoms with Gasteiger partial charge in [0.25, 0.3) is 17.5 Å². The predicted molar refractivity (Wildman–Crippen MR) is 142 cm³/mol. The smallest absolute Gasteiger partial charge is 0.269 e. The molecule has 11 nitrogen and oxygen atoms in total. The Labute approximate surface area is 211 Å². The summed E-state index contributed by atoms with van der Waals surface area (Å²) in [7, 11) is 3.11. The van der Waals surface area contributed by atoms with Gasteiger partial charge < -0.3 is 31.9 Å². The lowest BCUT2D eigenvalue weighted by molar-refractivity contribution is -0.384. The van der Waals surface area contributed by atoms with E-state index >= 15 is 0 Å². The number of nitrogen functional groups attached to an aromatic ring is 2. The Balaban J connectivity index is 0.000000248. The molecule has 0 aliphatic heterocycles. The topological polar surface area (TPSA) is 183 Å². The van der Waals surface area contributed by atoms with Crippen molar-refractivity contribution in [3.8, 4) is 11.5 Å². The van der Waals surface area contributed by atoms with Gasteiger partial charge >= 0.3 is 0 Å². The molecule has 11 heteroatoms. The molecule has 0 aromatic heterocycles. The second-order valence-electron chi connectivity index (χ2n) is 7.70. The molecule has 0 unspecified atom stereocenters. The number of nitrogens with zero attached hydrogens (tertiary/aromatic N) is 1. The van der Waals surface area contributed by atoms with Crippen LogP contribution in [0.3, 0.4) is 0 Å². The molecule has 0 radical (unpaired) electrons. The first kappa shape index (κ1) is 26.3. The number of nitro benzene ring substituents is 1. The number of nitrogens with one attached hydrogen (secondary N) is 2. The van der Waals surface area contributed by atoms with E-state index in [1.165, 1.54) is 31.4 Å². The number of amides is 2.